The van der Waals surface area contributed by atoms with Gasteiger partial charge in [0, 0.05) is 30.7 Å². The van der Waals surface area contributed by atoms with Gasteiger partial charge in [0.1, 0.15) is 22.9 Å². The zero-order valence-electron chi connectivity index (χ0n) is 27.8. The normalized spacial score (nSPS) is 27.2. The number of phenols is 1. The number of aromatic hydroxyl groups is 1. The second kappa shape index (κ2) is 12.0. The predicted molar refractivity (Wildman–Crippen MR) is 177 cm³/mol. The Morgan fingerprint density at radius 3 is 2.22 bits per heavy atom. The molecular formula is C36H32ClF3N4O7. The first-order valence-corrected chi connectivity index (χ1v) is 16.5. The number of carbonyl (C=O) groups excluding carboxylic acids is 4. The molecule has 0 spiro atoms. The number of ether oxygens (including phenoxy) is 2. The summed E-state index contributed by atoms with van der Waals surface area (Å²) in [5.74, 6) is -7.22. The Bertz CT molecular complexity index is 2000. The molecule has 2 saturated heterocycles. The summed E-state index contributed by atoms with van der Waals surface area (Å²) in [6.45, 7) is 1.70. The molecule has 4 aliphatic rings. The maximum absolute atomic E-state index is 14.7. The number of imide groups is 2. The molecule has 0 bridgehead atoms. The Morgan fingerprint density at radius 2 is 1.61 bits per heavy atom. The molecule has 51 heavy (non-hydrogen) atoms. The molecule has 2 aliphatic carbocycles. The average molecular weight is 725 g/mol. The van der Waals surface area contributed by atoms with Gasteiger partial charge in [-0.25, -0.2) is 9.88 Å². The Balaban J connectivity index is 1.37. The highest BCUT2D eigenvalue weighted by Crippen LogP contribution is 2.65. The van der Waals surface area contributed by atoms with E-state index in [9.17, 15) is 37.5 Å². The molecule has 3 fully saturated rings. The smallest absolute Gasteiger partial charge is 0.433 e. The van der Waals surface area contributed by atoms with E-state index in [0.29, 0.717) is 22.9 Å². The number of hydrogen-bond acceptors (Lipinski definition) is 9. The third-order valence-corrected chi connectivity index (χ3v) is 11.1. The lowest BCUT2D eigenvalue weighted by atomic mass is 9.51. The molecule has 1 aromatic heterocycles. The Morgan fingerprint density at radius 1 is 0.961 bits per heavy atom. The molecule has 3 aromatic rings. The summed E-state index contributed by atoms with van der Waals surface area (Å²) in [5.41, 5.74) is -1.34. The van der Waals surface area contributed by atoms with Gasteiger partial charge in [-0.2, -0.15) is 18.2 Å². The topological polar surface area (TPSA) is 130 Å². The van der Waals surface area contributed by atoms with E-state index in [1.54, 1.807) is 43.3 Å². The number of hydrogen-bond donors (Lipinski definition) is 1. The highest BCUT2D eigenvalue weighted by atomic mass is 35.5. The standard InChI is InChI=1S/C36H32ClF3N4O7/c1-35-22(32(47)43(34(35)49)17-8-6-5-7-9-17)16-21-19(29(35)28-24(50-3)14-18(45)15-25(28)51-4)10-11-20-27(21)33(48)44(31(20)46)42(2)30-23(37)12-13-26(41-30)36(38,39)40/h5-10,12-15,20-22,27,29,45H,11,16H2,1-4H3/t20-,21+,22-,27-,29+,35+/m0/s1. The number of pyridine rings is 1. The number of amides is 4. The quantitative estimate of drug-likeness (QED) is 0.249. The molecule has 6 atom stereocenters. The van der Waals surface area contributed by atoms with Crippen molar-refractivity contribution in [2.75, 3.05) is 31.2 Å². The number of hydrazine groups is 1. The molecule has 2 aliphatic heterocycles. The van der Waals surface area contributed by atoms with Crippen LogP contribution in [0.2, 0.25) is 5.02 Å². The minimum atomic E-state index is -4.81. The molecule has 15 heteroatoms. The SMILES string of the molecule is COc1cc(O)cc(OC)c1[C@H]1C2=CC[C@@H]3C(=O)N(N(C)c4nc(C(F)(F)F)ccc4Cl)C(=O)[C@@H]3[C@@H]2C[C@H]2C(=O)N(c3ccccc3)C(=O)[C@@]12C. The second-order valence-corrected chi connectivity index (χ2v) is 13.7. The zero-order valence-corrected chi connectivity index (χ0v) is 28.5. The maximum Gasteiger partial charge on any atom is 0.433 e. The molecule has 266 valence electrons. The van der Waals surface area contributed by atoms with E-state index >= 15 is 0 Å². The lowest BCUT2D eigenvalue weighted by Crippen LogP contribution is -2.49. The molecule has 3 heterocycles. The number of fused-ring (bicyclic) bond motifs is 4. The highest BCUT2D eigenvalue weighted by Gasteiger charge is 2.68. The number of allylic oxidation sites excluding steroid dienone is 2. The van der Waals surface area contributed by atoms with Crippen molar-refractivity contribution < 1.29 is 46.9 Å². The van der Waals surface area contributed by atoms with Gasteiger partial charge in [-0.3, -0.25) is 24.2 Å². The molecule has 1 saturated carbocycles. The average Bonchev–Trinajstić information content (AvgIpc) is 3.47. The van der Waals surface area contributed by atoms with Crippen LogP contribution in [0.4, 0.5) is 24.7 Å². The summed E-state index contributed by atoms with van der Waals surface area (Å²) in [7, 11) is 4.02. The van der Waals surface area contributed by atoms with Crippen molar-refractivity contribution >= 4 is 46.7 Å². The van der Waals surface area contributed by atoms with E-state index in [1.165, 1.54) is 33.4 Å². The van der Waals surface area contributed by atoms with Crippen LogP contribution in [0.25, 0.3) is 0 Å². The van der Waals surface area contributed by atoms with Crippen LogP contribution >= 0.6 is 11.6 Å². The number of anilines is 2. The molecule has 0 radical (unpaired) electrons. The highest BCUT2D eigenvalue weighted by molar-refractivity contribution is 6.33. The van der Waals surface area contributed by atoms with E-state index in [0.717, 1.165) is 21.0 Å². The van der Waals surface area contributed by atoms with Crippen LogP contribution < -0.4 is 19.4 Å². The third-order valence-electron chi connectivity index (χ3n) is 10.8. The van der Waals surface area contributed by atoms with E-state index in [2.05, 4.69) is 4.98 Å². The van der Waals surface area contributed by atoms with E-state index < -0.39 is 76.3 Å². The Kier molecular flexibility index (Phi) is 8.08. The fourth-order valence-electron chi connectivity index (χ4n) is 8.55. The first kappa shape index (κ1) is 34.3. The molecule has 0 unspecified atom stereocenters. The summed E-state index contributed by atoms with van der Waals surface area (Å²) < 4.78 is 52.2. The molecule has 1 N–H and O–H groups in total. The molecule has 2 aromatic carbocycles. The number of aromatic nitrogens is 1. The van der Waals surface area contributed by atoms with Crippen molar-refractivity contribution in [3.63, 3.8) is 0 Å². The number of benzene rings is 2. The van der Waals surface area contributed by atoms with Crippen LogP contribution in [0.1, 0.15) is 36.9 Å². The van der Waals surface area contributed by atoms with Crippen molar-refractivity contribution in [2.45, 2.75) is 31.9 Å². The van der Waals surface area contributed by atoms with Crippen molar-refractivity contribution in [1.82, 2.24) is 9.99 Å². The lowest BCUT2D eigenvalue weighted by molar-refractivity contribution is -0.141. The number of methoxy groups -OCH3 is 2. The van der Waals surface area contributed by atoms with E-state index in [1.807, 2.05) is 0 Å². The Hall–Kier alpha value is -5.11. The van der Waals surface area contributed by atoms with Crippen LogP contribution in [0, 0.1) is 29.1 Å². The number of nitrogens with zero attached hydrogens (tertiary/aromatic N) is 4. The third kappa shape index (κ3) is 4.97. The minimum absolute atomic E-state index is 0.0236. The molecular weight excluding hydrogens is 693 g/mol. The number of para-hydroxylation sites is 1. The van der Waals surface area contributed by atoms with Crippen LogP contribution in [0.5, 0.6) is 17.2 Å². The molecule has 7 rings (SSSR count). The molecule has 11 nitrogen and oxygen atoms in total. The first-order chi connectivity index (χ1) is 24.1. The van der Waals surface area contributed by atoms with Gasteiger partial charge in [0.15, 0.2) is 5.82 Å². The van der Waals surface area contributed by atoms with Gasteiger partial charge in [0.25, 0.3) is 11.8 Å². The number of alkyl halides is 3. The zero-order chi connectivity index (χ0) is 36.7. The van der Waals surface area contributed by atoms with Crippen LogP contribution in [-0.2, 0) is 25.4 Å². The fourth-order valence-corrected chi connectivity index (χ4v) is 8.77. The number of halogens is 4. The van der Waals surface area contributed by atoms with Crippen molar-refractivity contribution in [2.24, 2.45) is 29.1 Å². The number of rotatable bonds is 6. The van der Waals surface area contributed by atoms with Crippen LogP contribution in [-0.4, -0.2) is 60.0 Å². The lowest BCUT2D eigenvalue weighted by Gasteiger charge is -2.49. The summed E-state index contributed by atoms with van der Waals surface area (Å²) in [5, 5.41) is 12.0. The van der Waals surface area contributed by atoms with E-state index in [4.69, 9.17) is 21.1 Å². The van der Waals surface area contributed by atoms with Gasteiger partial charge in [-0.15, -0.1) is 0 Å². The van der Waals surface area contributed by atoms with Crippen LogP contribution in [0.3, 0.4) is 0 Å². The number of phenolic OH excluding ortho intramolecular Hbond substituents is 1. The summed E-state index contributed by atoms with van der Waals surface area (Å²) >= 11 is 6.26. The van der Waals surface area contributed by atoms with Gasteiger partial charge in [-0.1, -0.05) is 41.4 Å². The Labute approximate surface area is 295 Å². The second-order valence-electron chi connectivity index (χ2n) is 13.3. The summed E-state index contributed by atoms with van der Waals surface area (Å²) in [4.78, 5) is 62.3. The maximum atomic E-state index is 14.7. The minimum Gasteiger partial charge on any atom is -0.508 e. The summed E-state index contributed by atoms with van der Waals surface area (Å²) in [6, 6.07) is 12.9. The number of carbonyl (C=O) groups is 4. The van der Waals surface area contributed by atoms with Gasteiger partial charge >= 0.3 is 6.18 Å². The van der Waals surface area contributed by atoms with Gasteiger partial charge in [0.05, 0.1) is 48.1 Å². The monoisotopic (exact) mass is 724 g/mol. The largest absolute Gasteiger partial charge is 0.508 e. The summed E-state index contributed by atoms with van der Waals surface area (Å²) in [6.07, 6.45) is -2.93. The van der Waals surface area contributed by atoms with Crippen molar-refractivity contribution in [3.8, 4) is 17.2 Å². The van der Waals surface area contributed by atoms with Crippen molar-refractivity contribution in [1.29, 1.82) is 0 Å². The fraction of sp³-hybridized carbons (Fsp3) is 0.361. The van der Waals surface area contributed by atoms with E-state index in [-0.39, 0.29) is 35.1 Å². The van der Waals surface area contributed by atoms with Crippen LogP contribution in [0.15, 0.2) is 66.2 Å². The molecule has 4 amide bonds. The van der Waals surface area contributed by atoms with Gasteiger partial charge in [0.2, 0.25) is 11.8 Å². The van der Waals surface area contributed by atoms with Gasteiger partial charge in [-0.05, 0) is 49.9 Å². The first-order valence-electron chi connectivity index (χ1n) is 16.1. The van der Waals surface area contributed by atoms with Gasteiger partial charge < -0.3 is 14.6 Å². The predicted octanol–water partition coefficient (Wildman–Crippen LogP) is 5.76. The van der Waals surface area contributed by atoms with Crippen molar-refractivity contribution in [3.05, 3.63) is 82.5 Å².